The first-order chi connectivity index (χ1) is 19.9. The molecule has 1 heterocycles. The topological polar surface area (TPSA) is 153 Å². The molecule has 3 aromatic carbocycles. The second kappa shape index (κ2) is 12.1. The molecule has 1 atom stereocenters. The lowest BCUT2D eigenvalue weighted by Crippen LogP contribution is -2.53. The van der Waals surface area contributed by atoms with Crippen LogP contribution in [0.2, 0.25) is 0 Å². The SMILES string of the molecule is COC(=O)c1cccc(N(CC(=O)OC(=O)C2(c3ccccc3F)CCCN2S(=O)(=O)c2ccc(C)cc2)C(N)=O)c1. The number of nitrogens with two attached hydrogens (primary N) is 1. The Morgan fingerprint density at radius 2 is 1.71 bits per heavy atom. The van der Waals surface area contributed by atoms with E-state index in [1.54, 1.807) is 19.1 Å². The van der Waals surface area contributed by atoms with Crippen molar-refractivity contribution in [3.05, 3.63) is 95.3 Å². The normalized spacial score (nSPS) is 16.9. The summed E-state index contributed by atoms with van der Waals surface area (Å²) >= 11 is 0. The molecule has 11 nitrogen and oxygen atoms in total. The number of methoxy groups -OCH3 is 1. The van der Waals surface area contributed by atoms with Crippen molar-refractivity contribution < 1.29 is 41.5 Å². The molecule has 0 bridgehead atoms. The highest BCUT2D eigenvalue weighted by Crippen LogP contribution is 2.44. The smallest absolute Gasteiger partial charge is 0.340 e. The number of nitrogens with zero attached hydrogens (tertiary/aromatic N) is 2. The number of halogens is 1. The van der Waals surface area contributed by atoms with E-state index in [0.717, 1.165) is 20.8 Å². The van der Waals surface area contributed by atoms with Gasteiger partial charge in [0, 0.05) is 17.8 Å². The summed E-state index contributed by atoms with van der Waals surface area (Å²) in [7, 11) is -3.21. The molecule has 0 aliphatic carbocycles. The standard InChI is InChI=1S/C29H28FN3O8S/c1-19-11-13-22(14-12-19)42(38,39)33-16-6-15-29(33,23-9-3-4-10-24(23)30)27(36)41-25(34)18-32(28(31)37)21-8-5-7-20(17-21)26(35)40-2/h3-5,7-14,17H,6,15-16,18H2,1-2H3,(H2,31,37). The fraction of sp³-hybridized carbons (Fsp3) is 0.241. The first kappa shape index (κ1) is 30.3. The van der Waals surface area contributed by atoms with Crippen molar-refractivity contribution in [1.29, 1.82) is 0 Å². The van der Waals surface area contributed by atoms with Crippen LogP contribution in [-0.4, -0.2) is 56.9 Å². The summed E-state index contributed by atoms with van der Waals surface area (Å²) in [5, 5.41) is 0. The molecule has 2 N–H and O–H groups in total. The van der Waals surface area contributed by atoms with Crippen molar-refractivity contribution in [2.24, 2.45) is 5.73 Å². The van der Waals surface area contributed by atoms with E-state index >= 15 is 4.39 Å². The van der Waals surface area contributed by atoms with Crippen LogP contribution < -0.4 is 10.6 Å². The lowest BCUT2D eigenvalue weighted by atomic mass is 9.88. The predicted molar refractivity (Wildman–Crippen MR) is 148 cm³/mol. The summed E-state index contributed by atoms with van der Waals surface area (Å²) in [6.07, 6.45) is -0.0116. The summed E-state index contributed by atoms with van der Waals surface area (Å²) in [6.45, 7) is 0.755. The van der Waals surface area contributed by atoms with Crippen LogP contribution in [-0.2, 0) is 34.6 Å². The number of aryl methyl sites for hydroxylation is 1. The number of urea groups is 1. The molecule has 1 fully saturated rings. The number of anilines is 1. The minimum absolute atomic E-state index is 0.0306. The lowest BCUT2D eigenvalue weighted by Gasteiger charge is -2.35. The fourth-order valence-electron chi connectivity index (χ4n) is 4.90. The van der Waals surface area contributed by atoms with Crippen molar-refractivity contribution in [2.45, 2.75) is 30.2 Å². The van der Waals surface area contributed by atoms with Gasteiger partial charge in [-0.05, 0) is 56.2 Å². The number of rotatable bonds is 8. The lowest BCUT2D eigenvalue weighted by molar-refractivity contribution is -0.166. The van der Waals surface area contributed by atoms with Gasteiger partial charge in [0.25, 0.3) is 0 Å². The molecular weight excluding hydrogens is 569 g/mol. The molecule has 0 spiro atoms. The number of amides is 2. The van der Waals surface area contributed by atoms with Gasteiger partial charge in [-0.15, -0.1) is 0 Å². The second-order valence-electron chi connectivity index (χ2n) is 9.56. The number of ether oxygens (including phenoxy) is 2. The number of esters is 3. The van der Waals surface area contributed by atoms with Gasteiger partial charge in [-0.25, -0.2) is 32.0 Å². The minimum Gasteiger partial charge on any atom is -0.465 e. The maximum Gasteiger partial charge on any atom is 0.340 e. The quantitative estimate of drug-likeness (QED) is 0.307. The van der Waals surface area contributed by atoms with Crippen LogP contribution in [0.25, 0.3) is 0 Å². The van der Waals surface area contributed by atoms with E-state index < -0.39 is 51.9 Å². The molecular formula is C29H28FN3O8S. The number of primary amides is 1. The third-order valence-corrected chi connectivity index (χ3v) is 8.87. The first-order valence-electron chi connectivity index (χ1n) is 12.8. The molecule has 0 radical (unpaired) electrons. The monoisotopic (exact) mass is 597 g/mol. The Morgan fingerprint density at radius 1 is 1.02 bits per heavy atom. The van der Waals surface area contributed by atoms with Crippen molar-refractivity contribution in [3.63, 3.8) is 0 Å². The average molecular weight is 598 g/mol. The van der Waals surface area contributed by atoms with Gasteiger partial charge in [-0.2, -0.15) is 4.31 Å². The van der Waals surface area contributed by atoms with Crippen LogP contribution in [0, 0.1) is 12.7 Å². The van der Waals surface area contributed by atoms with Gasteiger partial charge in [-0.3, -0.25) is 4.90 Å². The van der Waals surface area contributed by atoms with Crippen molar-refractivity contribution in [1.82, 2.24) is 4.31 Å². The summed E-state index contributed by atoms with van der Waals surface area (Å²) in [4.78, 5) is 51.7. The highest BCUT2D eigenvalue weighted by atomic mass is 32.2. The first-order valence-corrected chi connectivity index (χ1v) is 14.2. The maximum absolute atomic E-state index is 15.2. The van der Waals surface area contributed by atoms with Crippen molar-refractivity contribution in [2.75, 3.05) is 25.1 Å². The number of carbonyl (C=O) groups is 4. The molecule has 1 saturated heterocycles. The van der Waals surface area contributed by atoms with E-state index in [4.69, 9.17) is 10.5 Å². The summed E-state index contributed by atoms with van der Waals surface area (Å²) < 4.78 is 53.5. The Morgan fingerprint density at radius 3 is 2.36 bits per heavy atom. The van der Waals surface area contributed by atoms with Gasteiger partial charge < -0.3 is 15.2 Å². The summed E-state index contributed by atoms with van der Waals surface area (Å²) in [6, 6.07) is 15.4. The minimum atomic E-state index is -4.38. The average Bonchev–Trinajstić information content (AvgIpc) is 3.43. The summed E-state index contributed by atoms with van der Waals surface area (Å²) in [5.41, 5.74) is 3.86. The van der Waals surface area contributed by atoms with E-state index in [2.05, 4.69) is 4.74 Å². The van der Waals surface area contributed by atoms with E-state index in [1.165, 1.54) is 61.7 Å². The van der Waals surface area contributed by atoms with Crippen molar-refractivity contribution in [3.8, 4) is 0 Å². The van der Waals surface area contributed by atoms with E-state index in [1.807, 2.05) is 0 Å². The van der Waals surface area contributed by atoms with Gasteiger partial charge in [0.15, 0.2) is 5.54 Å². The van der Waals surface area contributed by atoms with E-state index in [0.29, 0.717) is 0 Å². The van der Waals surface area contributed by atoms with Gasteiger partial charge in [0.1, 0.15) is 12.4 Å². The van der Waals surface area contributed by atoms with Crippen LogP contribution in [0.15, 0.2) is 77.7 Å². The zero-order valence-electron chi connectivity index (χ0n) is 22.8. The van der Waals surface area contributed by atoms with Crippen LogP contribution in [0.5, 0.6) is 0 Å². The molecule has 3 aromatic rings. The Hall–Kier alpha value is -4.62. The highest BCUT2D eigenvalue weighted by molar-refractivity contribution is 7.89. The fourth-order valence-corrected chi connectivity index (χ4v) is 6.68. The molecule has 4 rings (SSSR count). The Bertz CT molecular complexity index is 1640. The van der Waals surface area contributed by atoms with Crippen LogP contribution in [0.1, 0.15) is 34.3 Å². The zero-order chi connectivity index (χ0) is 30.7. The zero-order valence-corrected chi connectivity index (χ0v) is 23.6. The predicted octanol–water partition coefficient (Wildman–Crippen LogP) is 3.26. The molecule has 2 amide bonds. The van der Waals surface area contributed by atoms with Gasteiger partial charge in [0.05, 0.1) is 17.6 Å². The van der Waals surface area contributed by atoms with Crippen LogP contribution in [0.3, 0.4) is 0 Å². The Labute approximate surface area is 241 Å². The number of hydrogen-bond donors (Lipinski definition) is 1. The molecule has 220 valence electrons. The maximum atomic E-state index is 15.2. The van der Waals surface area contributed by atoms with Crippen LogP contribution >= 0.6 is 0 Å². The molecule has 0 aromatic heterocycles. The second-order valence-corrected chi connectivity index (χ2v) is 11.4. The molecule has 1 aliphatic rings. The Balaban J connectivity index is 1.70. The molecule has 1 unspecified atom stereocenters. The third kappa shape index (κ3) is 5.74. The largest absolute Gasteiger partial charge is 0.465 e. The Kier molecular flexibility index (Phi) is 8.73. The number of carbonyl (C=O) groups excluding carboxylic acids is 4. The number of benzene rings is 3. The third-order valence-electron chi connectivity index (χ3n) is 6.93. The molecule has 0 saturated carbocycles. The highest BCUT2D eigenvalue weighted by Gasteiger charge is 2.57. The molecule has 1 aliphatic heterocycles. The van der Waals surface area contributed by atoms with E-state index in [-0.39, 0.29) is 41.1 Å². The van der Waals surface area contributed by atoms with Gasteiger partial charge in [-0.1, -0.05) is 42.0 Å². The van der Waals surface area contributed by atoms with Gasteiger partial charge >= 0.3 is 23.9 Å². The van der Waals surface area contributed by atoms with Gasteiger partial charge in [0.2, 0.25) is 10.0 Å². The van der Waals surface area contributed by atoms with Crippen LogP contribution in [0.4, 0.5) is 14.9 Å². The number of sulfonamides is 1. The summed E-state index contributed by atoms with van der Waals surface area (Å²) in [5.74, 6) is -4.18. The number of hydrogen-bond acceptors (Lipinski definition) is 8. The molecule has 42 heavy (non-hydrogen) atoms. The van der Waals surface area contributed by atoms with E-state index in [9.17, 15) is 27.6 Å². The van der Waals surface area contributed by atoms with Crippen molar-refractivity contribution >= 4 is 39.6 Å². The molecule has 13 heteroatoms.